The van der Waals surface area contributed by atoms with Crippen molar-refractivity contribution >= 4 is 0 Å². The highest BCUT2D eigenvalue weighted by Crippen LogP contribution is 2.22. The van der Waals surface area contributed by atoms with Gasteiger partial charge in [-0.2, -0.15) is 0 Å². The van der Waals surface area contributed by atoms with Gasteiger partial charge in [0, 0.05) is 12.6 Å². The quantitative estimate of drug-likeness (QED) is 0.624. The second kappa shape index (κ2) is 8.84. The van der Waals surface area contributed by atoms with Gasteiger partial charge in [-0.1, -0.05) is 78.2 Å². The molecule has 0 saturated heterocycles. The van der Waals surface area contributed by atoms with Gasteiger partial charge in [0.25, 0.3) is 0 Å². The first-order valence-corrected chi connectivity index (χ1v) is 8.94. The summed E-state index contributed by atoms with van der Waals surface area (Å²) < 4.78 is 0. The molecule has 0 spiro atoms. The van der Waals surface area contributed by atoms with E-state index in [1.54, 1.807) is 0 Å². The SMILES string of the molecule is CC(C)=CC(CC(C)c1ccc(C)cc1)NCc1ccc(C)cc1. The van der Waals surface area contributed by atoms with E-state index in [9.17, 15) is 0 Å². The van der Waals surface area contributed by atoms with Crippen molar-refractivity contribution in [2.75, 3.05) is 0 Å². The Morgan fingerprint density at radius 1 is 0.917 bits per heavy atom. The maximum Gasteiger partial charge on any atom is 0.0261 e. The molecule has 24 heavy (non-hydrogen) atoms. The molecule has 2 rings (SSSR count). The second-order valence-corrected chi connectivity index (χ2v) is 7.26. The van der Waals surface area contributed by atoms with Gasteiger partial charge in [-0.25, -0.2) is 0 Å². The summed E-state index contributed by atoms with van der Waals surface area (Å²) in [6.45, 7) is 11.9. The first kappa shape index (κ1) is 18.5. The standard InChI is InChI=1S/C23H31N/c1-17(2)14-23(24-16-21-10-6-18(3)7-11-21)15-20(5)22-12-8-19(4)9-13-22/h6-14,20,23-24H,15-16H2,1-5H3. The number of hydrogen-bond donors (Lipinski definition) is 1. The number of allylic oxidation sites excluding steroid dienone is 1. The van der Waals surface area contributed by atoms with Gasteiger partial charge in [-0.3, -0.25) is 0 Å². The number of benzene rings is 2. The van der Waals surface area contributed by atoms with E-state index in [2.05, 4.69) is 94.5 Å². The molecule has 2 atom stereocenters. The zero-order chi connectivity index (χ0) is 17.5. The molecular weight excluding hydrogens is 290 g/mol. The molecule has 0 fully saturated rings. The van der Waals surface area contributed by atoms with E-state index in [0.717, 1.165) is 13.0 Å². The zero-order valence-corrected chi connectivity index (χ0v) is 15.8. The van der Waals surface area contributed by atoms with Crippen molar-refractivity contribution < 1.29 is 0 Å². The van der Waals surface area contributed by atoms with E-state index < -0.39 is 0 Å². The zero-order valence-electron chi connectivity index (χ0n) is 15.8. The summed E-state index contributed by atoms with van der Waals surface area (Å²) >= 11 is 0. The molecule has 2 aromatic carbocycles. The van der Waals surface area contributed by atoms with Crippen LogP contribution in [0.3, 0.4) is 0 Å². The van der Waals surface area contributed by atoms with Crippen molar-refractivity contribution in [3.63, 3.8) is 0 Å². The Bertz CT molecular complexity index is 645. The molecule has 2 aromatic rings. The van der Waals surface area contributed by atoms with Crippen LogP contribution in [-0.4, -0.2) is 6.04 Å². The van der Waals surface area contributed by atoms with E-state index in [-0.39, 0.29) is 0 Å². The molecule has 0 amide bonds. The van der Waals surface area contributed by atoms with Crippen LogP contribution in [0.15, 0.2) is 60.2 Å². The lowest BCUT2D eigenvalue weighted by atomic mass is 9.92. The highest BCUT2D eigenvalue weighted by Gasteiger charge is 2.12. The first-order valence-electron chi connectivity index (χ1n) is 8.94. The van der Waals surface area contributed by atoms with Gasteiger partial charge in [0.15, 0.2) is 0 Å². The average molecular weight is 322 g/mol. The van der Waals surface area contributed by atoms with Crippen LogP contribution in [0, 0.1) is 13.8 Å². The van der Waals surface area contributed by atoms with Crippen LogP contribution in [0.25, 0.3) is 0 Å². The maximum atomic E-state index is 3.72. The van der Waals surface area contributed by atoms with E-state index in [1.165, 1.54) is 27.8 Å². The van der Waals surface area contributed by atoms with Gasteiger partial charge >= 0.3 is 0 Å². The van der Waals surface area contributed by atoms with Crippen LogP contribution in [0.4, 0.5) is 0 Å². The monoisotopic (exact) mass is 321 g/mol. The minimum absolute atomic E-state index is 0.396. The normalized spacial score (nSPS) is 13.4. The van der Waals surface area contributed by atoms with E-state index in [4.69, 9.17) is 0 Å². The molecule has 0 radical (unpaired) electrons. The van der Waals surface area contributed by atoms with E-state index in [0.29, 0.717) is 12.0 Å². The van der Waals surface area contributed by atoms with Crippen molar-refractivity contribution in [3.05, 3.63) is 82.4 Å². The molecule has 128 valence electrons. The van der Waals surface area contributed by atoms with Crippen LogP contribution >= 0.6 is 0 Å². The number of rotatable bonds is 7. The van der Waals surface area contributed by atoms with E-state index in [1.807, 2.05) is 0 Å². The first-order chi connectivity index (χ1) is 11.4. The number of aryl methyl sites for hydroxylation is 2. The van der Waals surface area contributed by atoms with Crippen molar-refractivity contribution in [2.45, 2.75) is 59.5 Å². The molecular formula is C23H31N. The molecule has 0 aliphatic carbocycles. The smallest absolute Gasteiger partial charge is 0.0261 e. The van der Waals surface area contributed by atoms with Crippen molar-refractivity contribution in [3.8, 4) is 0 Å². The third-order valence-corrected chi connectivity index (χ3v) is 4.48. The van der Waals surface area contributed by atoms with Gasteiger partial charge in [0.05, 0.1) is 0 Å². The van der Waals surface area contributed by atoms with Crippen LogP contribution in [-0.2, 0) is 6.54 Å². The van der Waals surface area contributed by atoms with Crippen LogP contribution in [0.2, 0.25) is 0 Å². The van der Waals surface area contributed by atoms with Gasteiger partial charge in [0.1, 0.15) is 0 Å². The predicted molar refractivity (Wildman–Crippen MR) is 105 cm³/mol. The average Bonchev–Trinajstić information content (AvgIpc) is 2.54. The van der Waals surface area contributed by atoms with Gasteiger partial charge in [-0.05, 0) is 51.2 Å². The molecule has 0 aliphatic rings. The largest absolute Gasteiger partial charge is 0.306 e. The highest BCUT2D eigenvalue weighted by molar-refractivity contribution is 5.25. The molecule has 0 aromatic heterocycles. The summed E-state index contributed by atoms with van der Waals surface area (Å²) in [5.74, 6) is 0.539. The van der Waals surface area contributed by atoms with Crippen molar-refractivity contribution in [1.82, 2.24) is 5.32 Å². The summed E-state index contributed by atoms with van der Waals surface area (Å²) in [5.41, 5.74) is 6.77. The Hall–Kier alpha value is -1.86. The van der Waals surface area contributed by atoms with Crippen molar-refractivity contribution in [2.24, 2.45) is 0 Å². The Morgan fingerprint density at radius 2 is 1.46 bits per heavy atom. The third kappa shape index (κ3) is 5.98. The van der Waals surface area contributed by atoms with Gasteiger partial charge in [-0.15, -0.1) is 0 Å². The molecule has 1 N–H and O–H groups in total. The lowest BCUT2D eigenvalue weighted by Gasteiger charge is -2.21. The lowest BCUT2D eigenvalue weighted by Crippen LogP contribution is -2.28. The van der Waals surface area contributed by atoms with E-state index >= 15 is 0 Å². The van der Waals surface area contributed by atoms with Crippen molar-refractivity contribution in [1.29, 1.82) is 0 Å². The third-order valence-electron chi connectivity index (χ3n) is 4.48. The maximum absolute atomic E-state index is 3.72. The predicted octanol–water partition coefficient (Wildman–Crippen LogP) is 5.92. The van der Waals surface area contributed by atoms with Gasteiger partial charge in [0.2, 0.25) is 0 Å². The molecule has 1 nitrogen and oxygen atoms in total. The Labute approximate surface area is 147 Å². The molecule has 0 bridgehead atoms. The minimum atomic E-state index is 0.396. The number of hydrogen-bond acceptors (Lipinski definition) is 1. The Morgan fingerprint density at radius 3 is 2.00 bits per heavy atom. The molecule has 2 unspecified atom stereocenters. The summed E-state index contributed by atoms with van der Waals surface area (Å²) in [4.78, 5) is 0. The lowest BCUT2D eigenvalue weighted by molar-refractivity contribution is 0.512. The topological polar surface area (TPSA) is 12.0 Å². The summed E-state index contributed by atoms with van der Waals surface area (Å²) in [6, 6.07) is 18.1. The summed E-state index contributed by atoms with van der Waals surface area (Å²) in [7, 11) is 0. The molecule has 0 heterocycles. The summed E-state index contributed by atoms with van der Waals surface area (Å²) in [5, 5.41) is 3.72. The minimum Gasteiger partial charge on any atom is -0.306 e. The molecule has 0 saturated carbocycles. The fraction of sp³-hybridized carbons (Fsp3) is 0.391. The molecule has 1 heteroatoms. The fourth-order valence-corrected chi connectivity index (χ4v) is 2.98. The second-order valence-electron chi connectivity index (χ2n) is 7.26. The van der Waals surface area contributed by atoms with Gasteiger partial charge < -0.3 is 5.32 Å². The fourth-order valence-electron chi connectivity index (χ4n) is 2.98. The molecule has 0 aliphatic heterocycles. The Kier molecular flexibility index (Phi) is 6.81. The Balaban J connectivity index is 2.00. The van der Waals surface area contributed by atoms with Crippen LogP contribution < -0.4 is 5.32 Å². The number of nitrogens with one attached hydrogen (secondary N) is 1. The van der Waals surface area contributed by atoms with Crippen LogP contribution in [0.5, 0.6) is 0 Å². The highest BCUT2D eigenvalue weighted by atomic mass is 14.9. The summed E-state index contributed by atoms with van der Waals surface area (Å²) in [6.07, 6.45) is 3.47. The van der Waals surface area contributed by atoms with Crippen LogP contribution in [0.1, 0.15) is 55.4 Å².